The Morgan fingerprint density at radius 1 is 1.29 bits per heavy atom. The summed E-state index contributed by atoms with van der Waals surface area (Å²) in [5.74, 6) is -0.228. The lowest BCUT2D eigenvalue weighted by molar-refractivity contribution is 0.466. The Morgan fingerprint density at radius 2 is 1.94 bits per heavy atom. The molecule has 2 aromatic rings. The average molecular weight is 253 g/mol. The Bertz CT molecular complexity index is 707. The largest absolute Gasteiger partial charge is 0.507 e. The number of hydrogen-bond donors (Lipinski definition) is 3. The molecule has 0 unspecified atom stereocenters. The van der Waals surface area contributed by atoms with Gasteiger partial charge in [-0.15, -0.1) is 0 Å². The van der Waals surface area contributed by atoms with E-state index >= 15 is 0 Å². The molecule has 0 aliphatic carbocycles. The molecule has 2 rings (SSSR count). The molecule has 0 heterocycles. The van der Waals surface area contributed by atoms with Gasteiger partial charge in [0.1, 0.15) is 10.6 Å². The first-order valence-corrected chi connectivity index (χ1v) is 6.24. The van der Waals surface area contributed by atoms with Crippen molar-refractivity contribution in [1.82, 2.24) is 0 Å². The lowest BCUT2D eigenvalue weighted by Gasteiger charge is -2.10. The van der Waals surface area contributed by atoms with E-state index in [1.54, 1.807) is 18.2 Å². The van der Waals surface area contributed by atoms with Crippen LogP contribution in [0.1, 0.15) is 5.56 Å². The maximum Gasteiger partial charge on any atom is 0.294 e. The first-order valence-electron chi connectivity index (χ1n) is 4.80. The van der Waals surface area contributed by atoms with Crippen molar-refractivity contribution in [3.05, 3.63) is 29.8 Å². The number of anilines is 1. The van der Waals surface area contributed by atoms with Gasteiger partial charge in [0, 0.05) is 16.6 Å². The number of nitrogens with two attached hydrogens (primary N) is 1. The molecule has 2 aromatic carbocycles. The van der Waals surface area contributed by atoms with Crippen molar-refractivity contribution in [3.8, 4) is 5.75 Å². The highest BCUT2D eigenvalue weighted by atomic mass is 32.2. The highest BCUT2D eigenvalue weighted by Crippen LogP contribution is 2.36. The summed E-state index contributed by atoms with van der Waals surface area (Å²) in [5.41, 5.74) is 6.15. The van der Waals surface area contributed by atoms with Crippen molar-refractivity contribution in [2.45, 2.75) is 11.8 Å². The first-order chi connectivity index (χ1) is 7.82. The molecule has 0 spiro atoms. The van der Waals surface area contributed by atoms with Crippen molar-refractivity contribution in [3.63, 3.8) is 0 Å². The number of hydrogen-bond acceptors (Lipinski definition) is 4. The third kappa shape index (κ3) is 1.81. The van der Waals surface area contributed by atoms with Gasteiger partial charge in [0.15, 0.2) is 0 Å². The van der Waals surface area contributed by atoms with E-state index in [4.69, 9.17) is 10.3 Å². The van der Waals surface area contributed by atoms with Gasteiger partial charge in [-0.05, 0) is 24.4 Å². The molecule has 0 saturated heterocycles. The molecule has 5 nitrogen and oxygen atoms in total. The molecule has 90 valence electrons. The minimum absolute atomic E-state index is 0.0814. The third-order valence-corrected chi connectivity index (χ3v) is 3.63. The lowest BCUT2D eigenvalue weighted by Crippen LogP contribution is -2.02. The van der Waals surface area contributed by atoms with Crippen LogP contribution < -0.4 is 5.73 Å². The van der Waals surface area contributed by atoms with Crippen molar-refractivity contribution in [2.24, 2.45) is 0 Å². The maximum atomic E-state index is 11.1. The predicted molar refractivity (Wildman–Crippen MR) is 64.6 cm³/mol. The SMILES string of the molecule is Cc1c(S(=O)(=O)O)cc2cccc(N)c2c1O. The van der Waals surface area contributed by atoms with Crippen LogP contribution in [-0.2, 0) is 10.1 Å². The van der Waals surface area contributed by atoms with Crippen LogP contribution >= 0.6 is 0 Å². The first kappa shape index (κ1) is 11.7. The number of nitrogen functional groups attached to an aromatic ring is 1. The second-order valence-corrected chi connectivity index (χ2v) is 5.16. The minimum atomic E-state index is -4.36. The maximum absolute atomic E-state index is 11.1. The Labute approximate surface area is 98.2 Å². The summed E-state index contributed by atoms with van der Waals surface area (Å²) in [6.45, 7) is 1.41. The molecular weight excluding hydrogens is 242 g/mol. The predicted octanol–water partition coefficient (Wildman–Crippen LogP) is 1.68. The number of fused-ring (bicyclic) bond motifs is 1. The summed E-state index contributed by atoms with van der Waals surface area (Å²) in [4.78, 5) is -0.312. The monoisotopic (exact) mass is 253 g/mol. The Hall–Kier alpha value is -1.79. The summed E-state index contributed by atoms with van der Waals surface area (Å²) in [7, 11) is -4.36. The third-order valence-electron chi connectivity index (χ3n) is 2.66. The second kappa shape index (κ2) is 3.61. The van der Waals surface area contributed by atoms with E-state index in [0.29, 0.717) is 16.5 Å². The highest BCUT2D eigenvalue weighted by Gasteiger charge is 2.19. The zero-order valence-corrected chi connectivity index (χ0v) is 9.82. The van der Waals surface area contributed by atoms with E-state index in [2.05, 4.69) is 0 Å². The molecule has 0 atom stereocenters. The van der Waals surface area contributed by atoms with Gasteiger partial charge >= 0.3 is 0 Å². The molecule has 17 heavy (non-hydrogen) atoms. The van der Waals surface area contributed by atoms with Crippen LogP contribution in [0, 0.1) is 6.92 Å². The molecule has 6 heteroatoms. The van der Waals surface area contributed by atoms with Crippen molar-refractivity contribution in [1.29, 1.82) is 0 Å². The van der Waals surface area contributed by atoms with Gasteiger partial charge in [-0.1, -0.05) is 12.1 Å². The molecule has 0 aliphatic heterocycles. The number of aromatic hydroxyl groups is 1. The highest BCUT2D eigenvalue weighted by molar-refractivity contribution is 7.85. The lowest BCUT2D eigenvalue weighted by atomic mass is 10.0. The molecule has 0 amide bonds. The van der Waals surface area contributed by atoms with Crippen LogP contribution in [0.4, 0.5) is 5.69 Å². The minimum Gasteiger partial charge on any atom is -0.507 e. The summed E-state index contributed by atoms with van der Waals surface area (Å²) in [5, 5.41) is 10.8. The Morgan fingerprint density at radius 3 is 2.53 bits per heavy atom. The van der Waals surface area contributed by atoms with Crippen LogP contribution in [0.2, 0.25) is 0 Å². The average Bonchev–Trinajstić information content (AvgIpc) is 2.21. The van der Waals surface area contributed by atoms with Gasteiger partial charge in [0.05, 0.1) is 0 Å². The van der Waals surface area contributed by atoms with E-state index in [1.165, 1.54) is 13.0 Å². The summed E-state index contributed by atoms with van der Waals surface area (Å²) in [6.07, 6.45) is 0. The number of phenols is 1. The van der Waals surface area contributed by atoms with Crippen LogP contribution in [-0.4, -0.2) is 18.1 Å². The molecule has 0 aromatic heterocycles. The van der Waals surface area contributed by atoms with E-state index in [9.17, 15) is 13.5 Å². The smallest absolute Gasteiger partial charge is 0.294 e. The van der Waals surface area contributed by atoms with E-state index in [0.717, 1.165) is 0 Å². The molecule has 0 fully saturated rings. The molecular formula is C11H11NO4S. The van der Waals surface area contributed by atoms with E-state index < -0.39 is 10.1 Å². The quantitative estimate of drug-likeness (QED) is 0.530. The summed E-state index contributed by atoms with van der Waals surface area (Å²) < 4.78 is 31.3. The topological polar surface area (TPSA) is 101 Å². The van der Waals surface area contributed by atoms with Gasteiger partial charge in [-0.3, -0.25) is 4.55 Å². The van der Waals surface area contributed by atoms with Crippen LogP contribution in [0.5, 0.6) is 5.75 Å². The van der Waals surface area contributed by atoms with Gasteiger partial charge in [-0.25, -0.2) is 0 Å². The number of rotatable bonds is 1. The zero-order valence-electron chi connectivity index (χ0n) is 9.01. The van der Waals surface area contributed by atoms with Crippen molar-refractivity contribution < 1.29 is 18.1 Å². The van der Waals surface area contributed by atoms with Crippen LogP contribution in [0.15, 0.2) is 29.2 Å². The Kier molecular flexibility index (Phi) is 2.48. The van der Waals surface area contributed by atoms with E-state index in [1.807, 2.05) is 0 Å². The zero-order chi connectivity index (χ0) is 12.8. The van der Waals surface area contributed by atoms with Crippen LogP contribution in [0.3, 0.4) is 0 Å². The number of phenolic OH excluding ortho intramolecular Hbond substituents is 1. The molecule has 4 N–H and O–H groups in total. The fraction of sp³-hybridized carbons (Fsp3) is 0.0909. The molecule has 0 radical (unpaired) electrons. The van der Waals surface area contributed by atoms with Crippen molar-refractivity contribution in [2.75, 3.05) is 5.73 Å². The molecule has 0 aliphatic rings. The van der Waals surface area contributed by atoms with Gasteiger partial charge in [0.25, 0.3) is 10.1 Å². The van der Waals surface area contributed by atoms with Gasteiger partial charge < -0.3 is 10.8 Å². The summed E-state index contributed by atoms with van der Waals surface area (Å²) >= 11 is 0. The standard InChI is InChI=1S/C11H11NO4S/c1-6-9(17(14,15)16)5-7-3-2-4-8(12)10(7)11(6)13/h2-5,13H,12H2,1H3,(H,14,15,16). The van der Waals surface area contributed by atoms with Crippen molar-refractivity contribution >= 4 is 26.6 Å². The normalized spacial score (nSPS) is 11.9. The molecule has 0 bridgehead atoms. The Balaban J connectivity index is 3.00. The molecule has 0 saturated carbocycles. The van der Waals surface area contributed by atoms with Gasteiger partial charge in [0.2, 0.25) is 0 Å². The van der Waals surface area contributed by atoms with Gasteiger partial charge in [-0.2, -0.15) is 8.42 Å². The summed E-state index contributed by atoms with van der Waals surface area (Å²) in [6, 6.07) is 6.14. The fourth-order valence-corrected chi connectivity index (χ4v) is 2.56. The fourth-order valence-electron chi connectivity index (χ4n) is 1.80. The van der Waals surface area contributed by atoms with E-state index in [-0.39, 0.29) is 16.2 Å². The van der Waals surface area contributed by atoms with Crippen LogP contribution in [0.25, 0.3) is 10.8 Å². The number of benzene rings is 2. The second-order valence-electron chi connectivity index (χ2n) is 3.77.